The van der Waals surface area contributed by atoms with Gasteiger partial charge in [0.2, 0.25) is 0 Å². The third-order valence-corrected chi connectivity index (χ3v) is 6.64. The first-order chi connectivity index (χ1) is 12.3. The van der Waals surface area contributed by atoms with Gasteiger partial charge in [0.05, 0.1) is 28.0 Å². The number of hydrogen-bond acceptors (Lipinski definition) is 5. The van der Waals surface area contributed by atoms with Gasteiger partial charge >= 0.3 is 14.2 Å². The molecule has 27 heavy (non-hydrogen) atoms. The minimum absolute atomic E-state index is 0.388. The van der Waals surface area contributed by atoms with Gasteiger partial charge in [-0.1, -0.05) is 18.2 Å². The average Bonchev–Trinajstić information content (AvgIpc) is 3.10. The fraction of sp³-hybridized carbons (Fsp3) is 0.600. The van der Waals surface area contributed by atoms with Gasteiger partial charge in [-0.2, -0.15) is 0 Å². The monoisotopic (exact) mass is 368 g/mol. The van der Waals surface area contributed by atoms with Crippen molar-refractivity contribution in [3.8, 4) is 0 Å². The van der Waals surface area contributed by atoms with Crippen LogP contribution in [0.3, 0.4) is 0 Å². The Morgan fingerprint density at radius 2 is 1.22 bits per heavy atom. The fourth-order valence-corrected chi connectivity index (χ4v) is 3.39. The summed E-state index contributed by atoms with van der Waals surface area (Å²) in [5, 5.41) is 0. The second-order valence-corrected chi connectivity index (χ2v) is 9.64. The number of nitrogens with zero attached hydrogens (tertiary/aromatic N) is 1. The van der Waals surface area contributed by atoms with Gasteiger partial charge in [-0.3, -0.25) is 4.99 Å². The lowest BCUT2D eigenvalue weighted by molar-refractivity contribution is 0.00578. The maximum atomic E-state index is 6.23. The maximum absolute atomic E-state index is 6.23. The topological polar surface area (TPSA) is 49.3 Å². The van der Waals surface area contributed by atoms with Crippen LogP contribution in [0, 0.1) is 6.04 Å². The summed E-state index contributed by atoms with van der Waals surface area (Å²) in [7, 11) is -0.923. The molecule has 0 atom stereocenters. The predicted molar refractivity (Wildman–Crippen MR) is 108 cm³/mol. The van der Waals surface area contributed by atoms with Crippen LogP contribution >= 0.6 is 0 Å². The number of hydrogen-bond donors (Lipinski definition) is 0. The Morgan fingerprint density at radius 1 is 0.741 bits per heavy atom. The van der Waals surface area contributed by atoms with Gasteiger partial charge < -0.3 is 18.6 Å². The van der Waals surface area contributed by atoms with Crippen molar-refractivity contribution in [2.75, 3.05) is 0 Å². The van der Waals surface area contributed by atoms with Crippen molar-refractivity contribution >= 4 is 19.8 Å². The zero-order chi connectivity index (χ0) is 19.8. The van der Waals surface area contributed by atoms with Crippen molar-refractivity contribution in [3.63, 3.8) is 0 Å². The van der Waals surface area contributed by atoms with Crippen molar-refractivity contribution in [1.82, 2.24) is 0 Å². The summed E-state index contributed by atoms with van der Waals surface area (Å²) in [6, 6.07) is 0.876. The second-order valence-electron chi connectivity index (χ2n) is 9.64. The highest BCUT2D eigenvalue weighted by Crippen LogP contribution is 2.45. The molecule has 0 amide bonds. The molecule has 0 bridgehead atoms. The van der Waals surface area contributed by atoms with Gasteiger partial charge in [0, 0.05) is 0 Å². The second kappa shape index (κ2) is 5.69. The lowest BCUT2D eigenvalue weighted by Crippen LogP contribution is -2.41. The SMILES string of the molecule is CC1(C)OB(C2=CC=CC3=CC(B4OC(C)(C)C(C)(C)O4)=N[C]32)OC1(C)C. The van der Waals surface area contributed by atoms with Crippen molar-refractivity contribution in [1.29, 1.82) is 0 Å². The molecule has 1 aliphatic carbocycles. The minimum Gasteiger partial charge on any atom is -0.399 e. The Labute approximate surface area is 163 Å². The zero-order valence-corrected chi connectivity index (χ0v) is 17.5. The number of allylic oxidation sites excluding steroid dienone is 3. The lowest BCUT2D eigenvalue weighted by atomic mass is 9.70. The van der Waals surface area contributed by atoms with Crippen molar-refractivity contribution in [2.45, 2.75) is 77.8 Å². The molecule has 0 spiro atoms. The van der Waals surface area contributed by atoms with Gasteiger partial charge in [0.25, 0.3) is 0 Å². The highest BCUT2D eigenvalue weighted by Gasteiger charge is 2.56. The molecule has 4 aliphatic rings. The number of rotatable bonds is 2. The Bertz CT molecular complexity index is 760. The lowest BCUT2D eigenvalue weighted by Gasteiger charge is -2.32. The molecule has 1 radical (unpaired) electrons. The Balaban J connectivity index is 1.59. The molecule has 143 valence electrons. The molecule has 0 aromatic carbocycles. The van der Waals surface area contributed by atoms with E-state index >= 15 is 0 Å². The molecule has 0 N–H and O–H groups in total. The van der Waals surface area contributed by atoms with Crippen molar-refractivity contribution in [3.05, 3.63) is 41.4 Å². The van der Waals surface area contributed by atoms with Crippen LogP contribution in [-0.4, -0.2) is 42.3 Å². The quantitative estimate of drug-likeness (QED) is 0.699. The van der Waals surface area contributed by atoms with Crippen LogP contribution < -0.4 is 0 Å². The summed E-state index contributed by atoms with van der Waals surface area (Å²) in [6.07, 6.45) is 8.11. The smallest absolute Gasteiger partial charge is 0.399 e. The van der Waals surface area contributed by atoms with Gasteiger partial charge in [0.1, 0.15) is 6.04 Å². The Morgan fingerprint density at radius 3 is 1.74 bits per heavy atom. The van der Waals surface area contributed by atoms with E-state index in [4.69, 9.17) is 23.6 Å². The molecule has 4 rings (SSSR count). The Hall–Kier alpha value is -1.14. The molecular formula is C20H28B2NO4. The first kappa shape index (κ1) is 19.2. The van der Waals surface area contributed by atoms with Gasteiger partial charge in [0.15, 0.2) is 0 Å². The van der Waals surface area contributed by atoms with E-state index in [0.717, 1.165) is 22.7 Å². The molecule has 5 nitrogen and oxygen atoms in total. The summed E-state index contributed by atoms with van der Waals surface area (Å²) in [5.74, 6) is 0. The van der Waals surface area contributed by atoms with Crippen LogP contribution in [-0.2, 0) is 18.6 Å². The molecule has 2 saturated heterocycles. The van der Waals surface area contributed by atoms with Gasteiger partial charge in [-0.15, -0.1) is 0 Å². The largest absolute Gasteiger partial charge is 0.514 e. The first-order valence-electron chi connectivity index (χ1n) is 9.61. The first-order valence-corrected chi connectivity index (χ1v) is 9.61. The summed E-state index contributed by atoms with van der Waals surface area (Å²) in [5.41, 5.74) is 1.20. The van der Waals surface area contributed by atoms with Crippen LogP contribution in [0.4, 0.5) is 0 Å². The van der Waals surface area contributed by atoms with Crippen molar-refractivity contribution in [2.24, 2.45) is 4.99 Å². The van der Waals surface area contributed by atoms with Crippen LogP contribution in [0.25, 0.3) is 0 Å². The normalized spacial score (nSPS) is 30.3. The van der Waals surface area contributed by atoms with Crippen LogP contribution in [0.15, 0.2) is 40.3 Å². The molecule has 0 aromatic rings. The standard InChI is InChI=1S/C20H28B2NO4/c1-17(2)18(3,4)25-21(24-17)14-11-9-10-13-12-15(23-16(13)14)22-26-19(5,6)20(7,8)27-22/h9-12H,1-8H3. The Kier molecular flexibility index (Phi) is 4.05. The van der Waals surface area contributed by atoms with E-state index in [0.29, 0.717) is 0 Å². The summed E-state index contributed by atoms with van der Waals surface area (Å²) in [6.45, 7) is 16.4. The van der Waals surface area contributed by atoms with Crippen molar-refractivity contribution < 1.29 is 18.6 Å². The summed E-state index contributed by atoms with van der Waals surface area (Å²) < 4.78 is 24.8. The predicted octanol–water partition coefficient (Wildman–Crippen LogP) is 3.66. The molecular weight excluding hydrogens is 340 g/mol. The molecule has 7 heteroatoms. The van der Waals surface area contributed by atoms with E-state index in [2.05, 4.69) is 27.7 Å². The van der Waals surface area contributed by atoms with E-state index in [9.17, 15) is 0 Å². The third-order valence-electron chi connectivity index (χ3n) is 6.64. The van der Waals surface area contributed by atoms with E-state index in [1.807, 2.05) is 52.0 Å². The molecule has 3 heterocycles. The van der Waals surface area contributed by atoms with Crippen LogP contribution in [0.5, 0.6) is 0 Å². The highest BCUT2D eigenvalue weighted by molar-refractivity contribution is 6.85. The van der Waals surface area contributed by atoms with Gasteiger partial charge in [-0.25, -0.2) is 0 Å². The summed E-state index contributed by atoms with van der Waals surface area (Å²) >= 11 is 0. The maximum Gasteiger partial charge on any atom is 0.514 e. The average molecular weight is 368 g/mol. The highest BCUT2D eigenvalue weighted by atomic mass is 16.7. The molecule has 0 aromatic heterocycles. The summed E-state index contributed by atoms with van der Waals surface area (Å²) in [4.78, 5) is 4.86. The van der Waals surface area contributed by atoms with Crippen LogP contribution in [0.1, 0.15) is 55.4 Å². The van der Waals surface area contributed by atoms with Gasteiger partial charge in [-0.05, 0) is 72.5 Å². The zero-order valence-electron chi connectivity index (χ0n) is 17.5. The molecule has 2 fully saturated rings. The molecule has 0 saturated carbocycles. The minimum atomic E-state index is -0.478. The van der Waals surface area contributed by atoms with E-state index < -0.39 is 25.4 Å². The molecule has 3 aliphatic heterocycles. The number of aliphatic imine (C=N–C) groups is 1. The van der Waals surface area contributed by atoms with Crippen LogP contribution in [0.2, 0.25) is 0 Å². The third kappa shape index (κ3) is 2.91. The molecule has 0 unspecified atom stereocenters. The van der Waals surface area contributed by atoms with E-state index in [1.165, 1.54) is 0 Å². The van der Waals surface area contributed by atoms with E-state index in [1.54, 1.807) is 0 Å². The fourth-order valence-electron chi connectivity index (χ4n) is 3.39. The van der Waals surface area contributed by atoms with E-state index in [-0.39, 0.29) is 11.2 Å². The number of fused-ring (bicyclic) bond motifs is 1.